The lowest BCUT2D eigenvalue weighted by atomic mass is 10.2. The highest BCUT2D eigenvalue weighted by atomic mass is 32.1. The monoisotopic (exact) mass is 457 g/mol. The van der Waals surface area contributed by atoms with Crippen LogP contribution in [0.25, 0.3) is 0 Å². The molecule has 0 radical (unpaired) electrons. The Morgan fingerprint density at radius 2 is 1.87 bits per heavy atom. The highest BCUT2D eigenvalue weighted by molar-refractivity contribution is 7.14. The minimum atomic E-state index is -0.366. The number of amides is 2. The molecule has 0 unspecified atom stereocenters. The van der Waals surface area contributed by atoms with Crippen molar-refractivity contribution in [2.75, 3.05) is 19.0 Å². The van der Waals surface area contributed by atoms with Crippen LogP contribution in [0, 0.1) is 0 Å². The Labute approximate surface area is 188 Å². The second kappa shape index (κ2) is 11.4. The molecule has 31 heavy (non-hydrogen) atoms. The number of hydrogen-bond donors (Lipinski definition) is 1. The largest absolute Gasteiger partial charge is 0.469 e. The van der Waals surface area contributed by atoms with E-state index >= 15 is 0 Å². The number of carbonyl (C=O) groups excluding carboxylic acids is 3. The molecule has 3 rings (SSSR count). The number of nitrogens with one attached hydrogen (secondary N) is 1. The summed E-state index contributed by atoms with van der Waals surface area (Å²) in [5, 5.41) is 6.94. The summed E-state index contributed by atoms with van der Waals surface area (Å²) in [6.07, 6.45) is 0.505. The van der Waals surface area contributed by atoms with Gasteiger partial charge in [0, 0.05) is 23.3 Å². The van der Waals surface area contributed by atoms with Gasteiger partial charge in [-0.1, -0.05) is 36.4 Å². The van der Waals surface area contributed by atoms with Crippen LogP contribution in [0.4, 0.5) is 5.13 Å². The average Bonchev–Trinajstić information content (AvgIpc) is 3.43. The fourth-order valence-corrected chi connectivity index (χ4v) is 4.30. The number of rotatable bonds is 10. The molecule has 3 aromatic rings. The maximum Gasteiger partial charge on any atom is 0.307 e. The summed E-state index contributed by atoms with van der Waals surface area (Å²) in [6.45, 7) is 0.653. The van der Waals surface area contributed by atoms with Crippen molar-refractivity contribution in [1.82, 2.24) is 9.88 Å². The van der Waals surface area contributed by atoms with Gasteiger partial charge in [-0.15, -0.1) is 22.7 Å². The predicted octanol–water partition coefficient (Wildman–Crippen LogP) is 3.52. The van der Waals surface area contributed by atoms with Gasteiger partial charge in [0.25, 0.3) is 0 Å². The highest BCUT2D eigenvalue weighted by Crippen LogP contribution is 2.18. The number of nitrogens with zero attached hydrogens (tertiary/aromatic N) is 2. The smallest absolute Gasteiger partial charge is 0.307 e. The number of carbonyl (C=O) groups is 3. The van der Waals surface area contributed by atoms with Crippen LogP contribution in [0.3, 0.4) is 0 Å². The van der Waals surface area contributed by atoms with Gasteiger partial charge in [0.1, 0.15) is 0 Å². The second-order valence-electron chi connectivity index (χ2n) is 6.75. The molecule has 0 fully saturated rings. The standard InChI is InChI=1S/C22H23N3O4S2/c1-29-21(28)9-10-25(14-16-6-3-2-4-7-16)20(27)12-17-15-31-22(23-17)24-19(26)13-18-8-5-11-30-18/h2-8,11,15H,9-10,12-14H2,1H3,(H,23,24,26). The first-order chi connectivity index (χ1) is 15.0. The number of hydrogen-bond acceptors (Lipinski definition) is 7. The van der Waals surface area contributed by atoms with Gasteiger partial charge < -0.3 is 15.0 Å². The first-order valence-electron chi connectivity index (χ1n) is 9.68. The summed E-state index contributed by atoms with van der Waals surface area (Å²) in [7, 11) is 1.33. The number of esters is 1. The van der Waals surface area contributed by atoms with Crippen LogP contribution in [-0.4, -0.2) is 41.3 Å². The number of benzene rings is 1. The summed E-state index contributed by atoms with van der Waals surface area (Å²) in [6, 6.07) is 13.4. The number of thiophene rings is 1. The van der Waals surface area contributed by atoms with Gasteiger partial charge in [0.2, 0.25) is 11.8 Å². The van der Waals surface area contributed by atoms with Crippen LogP contribution < -0.4 is 5.32 Å². The molecule has 0 aliphatic carbocycles. The van der Waals surface area contributed by atoms with Crippen molar-refractivity contribution in [1.29, 1.82) is 0 Å². The SMILES string of the molecule is COC(=O)CCN(Cc1ccccc1)C(=O)Cc1csc(NC(=O)Cc2cccs2)n1. The second-order valence-corrected chi connectivity index (χ2v) is 8.64. The summed E-state index contributed by atoms with van der Waals surface area (Å²) in [4.78, 5) is 43.6. The van der Waals surface area contributed by atoms with Crippen molar-refractivity contribution >= 4 is 45.6 Å². The van der Waals surface area contributed by atoms with E-state index in [-0.39, 0.29) is 37.2 Å². The van der Waals surface area contributed by atoms with E-state index in [0.29, 0.717) is 23.8 Å². The van der Waals surface area contributed by atoms with Crippen LogP contribution in [-0.2, 0) is 38.5 Å². The average molecular weight is 458 g/mol. The van der Waals surface area contributed by atoms with Crippen LogP contribution in [0.1, 0.15) is 22.6 Å². The van der Waals surface area contributed by atoms with Crippen LogP contribution in [0.15, 0.2) is 53.2 Å². The summed E-state index contributed by atoms with van der Waals surface area (Å²) in [5.41, 5.74) is 1.55. The minimum absolute atomic E-state index is 0.0886. The Kier molecular flexibility index (Phi) is 8.31. The van der Waals surface area contributed by atoms with E-state index in [1.54, 1.807) is 10.3 Å². The number of methoxy groups -OCH3 is 1. The van der Waals surface area contributed by atoms with Crippen molar-refractivity contribution in [2.24, 2.45) is 0 Å². The molecule has 2 heterocycles. The van der Waals surface area contributed by atoms with E-state index in [0.717, 1.165) is 10.4 Å². The number of thiazole rings is 1. The minimum Gasteiger partial charge on any atom is -0.469 e. The third-order valence-corrected chi connectivity index (χ3v) is 6.11. The van der Waals surface area contributed by atoms with Gasteiger partial charge in [-0.05, 0) is 17.0 Å². The van der Waals surface area contributed by atoms with Crippen molar-refractivity contribution < 1.29 is 19.1 Å². The molecule has 7 nitrogen and oxygen atoms in total. The summed E-state index contributed by atoms with van der Waals surface area (Å²) in [5.74, 6) is -0.650. The number of anilines is 1. The Balaban J connectivity index is 1.59. The molecule has 0 aliphatic heterocycles. The van der Waals surface area contributed by atoms with E-state index in [4.69, 9.17) is 4.74 Å². The normalized spacial score (nSPS) is 10.5. The van der Waals surface area contributed by atoms with Crippen molar-refractivity contribution in [3.63, 3.8) is 0 Å². The van der Waals surface area contributed by atoms with Gasteiger partial charge >= 0.3 is 5.97 Å². The lowest BCUT2D eigenvalue weighted by Gasteiger charge is -2.22. The molecular weight excluding hydrogens is 434 g/mol. The quantitative estimate of drug-likeness (QED) is 0.471. The maximum absolute atomic E-state index is 12.9. The molecule has 0 spiro atoms. The van der Waals surface area contributed by atoms with Crippen molar-refractivity contribution in [3.05, 3.63) is 69.4 Å². The van der Waals surface area contributed by atoms with Crippen molar-refractivity contribution in [2.45, 2.75) is 25.8 Å². The predicted molar refractivity (Wildman–Crippen MR) is 121 cm³/mol. The Morgan fingerprint density at radius 1 is 1.06 bits per heavy atom. The molecule has 2 aromatic heterocycles. The number of ether oxygens (including phenoxy) is 1. The van der Waals surface area contributed by atoms with E-state index in [2.05, 4.69) is 10.3 Å². The third-order valence-electron chi connectivity index (χ3n) is 4.43. The first kappa shape index (κ1) is 22.6. The summed E-state index contributed by atoms with van der Waals surface area (Å²) < 4.78 is 4.70. The molecule has 0 aliphatic rings. The molecule has 0 bridgehead atoms. The van der Waals surface area contributed by atoms with Crippen LogP contribution in [0.5, 0.6) is 0 Å². The zero-order chi connectivity index (χ0) is 22.1. The Bertz CT molecular complexity index is 1000. The van der Waals surface area contributed by atoms with Gasteiger partial charge in [-0.3, -0.25) is 14.4 Å². The lowest BCUT2D eigenvalue weighted by molar-refractivity contribution is -0.141. The Hall–Kier alpha value is -3.04. The molecule has 162 valence electrons. The molecule has 0 atom stereocenters. The highest BCUT2D eigenvalue weighted by Gasteiger charge is 2.18. The first-order valence-corrected chi connectivity index (χ1v) is 11.4. The molecule has 1 N–H and O–H groups in total. The molecule has 2 amide bonds. The topological polar surface area (TPSA) is 88.6 Å². The lowest BCUT2D eigenvalue weighted by Crippen LogP contribution is -2.34. The van der Waals surface area contributed by atoms with E-state index in [9.17, 15) is 14.4 Å². The van der Waals surface area contributed by atoms with Crippen molar-refractivity contribution in [3.8, 4) is 0 Å². The summed E-state index contributed by atoms with van der Waals surface area (Å²) >= 11 is 2.81. The van der Waals surface area contributed by atoms with Crippen LogP contribution in [0.2, 0.25) is 0 Å². The maximum atomic E-state index is 12.9. The third kappa shape index (κ3) is 7.30. The molecule has 0 saturated carbocycles. The molecule has 0 saturated heterocycles. The van der Waals surface area contributed by atoms with Gasteiger partial charge in [0.05, 0.1) is 32.1 Å². The van der Waals surface area contributed by atoms with E-state index < -0.39 is 0 Å². The Morgan fingerprint density at radius 3 is 2.58 bits per heavy atom. The van der Waals surface area contributed by atoms with Gasteiger partial charge in [-0.25, -0.2) is 4.98 Å². The fourth-order valence-electron chi connectivity index (χ4n) is 2.87. The molecular formula is C22H23N3O4S2. The van der Waals surface area contributed by atoms with E-state index in [1.165, 1.54) is 29.8 Å². The fraction of sp³-hybridized carbons (Fsp3) is 0.273. The van der Waals surface area contributed by atoms with Crippen LogP contribution >= 0.6 is 22.7 Å². The number of aromatic nitrogens is 1. The zero-order valence-corrected chi connectivity index (χ0v) is 18.7. The van der Waals surface area contributed by atoms with Gasteiger partial charge in [0.15, 0.2) is 5.13 Å². The van der Waals surface area contributed by atoms with E-state index in [1.807, 2.05) is 47.8 Å². The van der Waals surface area contributed by atoms with Gasteiger partial charge in [-0.2, -0.15) is 0 Å². The molecule has 9 heteroatoms. The zero-order valence-electron chi connectivity index (χ0n) is 17.1. The molecule has 1 aromatic carbocycles.